The molecule has 170 valence electrons. The number of rotatable bonds is 3. The zero-order valence-electron chi connectivity index (χ0n) is 19.1. The molecule has 1 aromatic heterocycles. The summed E-state index contributed by atoms with van der Waals surface area (Å²) in [7, 11) is 0. The molecule has 5 nitrogen and oxygen atoms in total. The van der Waals surface area contributed by atoms with E-state index in [1.165, 1.54) is 77.8 Å². The molecule has 6 rings (SSSR count). The van der Waals surface area contributed by atoms with Crippen LogP contribution in [0.3, 0.4) is 0 Å². The Morgan fingerprint density at radius 2 is 1.81 bits per heavy atom. The van der Waals surface area contributed by atoms with E-state index in [1.54, 1.807) is 0 Å². The number of fused-ring (bicyclic) bond motifs is 1. The molecular formula is C26H35N5S. The van der Waals surface area contributed by atoms with Crippen LogP contribution >= 0.6 is 11.3 Å². The number of benzene rings is 1. The first kappa shape index (κ1) is 20.6. The van der Waals surface area contributed by atoms with Crippen molar-refractivity contribution in [2.45, 2.75) is 32.2 Å². The van der Waals surface area contributed by atoms with E-state index >= 15 is 0 Å². The second kappa shape index (κ2) is 8.40. The Labute approximate surface area is 195 Å². The van der Waals surface area contributed by atoms with Gasteiger partial charge in [-0.1, -0.05) is 12.1 Å². The van der Waals surface area contributed by atoms with E-state index in [9.17, 15) is 0 Å². The minimum Gasteiger partial charge on any atom is -0.373 e. The van der Waals surface area contributed by atoms with Crippen LogP contribution in [-0.2, 0) is 0 Å². The van der Waals surface area contributed by atoms with Gasteiger partial charge in [-0.3, -0.25) is 0 Å². The van der Waals surface area contributed by atoms with Gasteiger partial charge in [-0.25, -0.2) is 0 Å². The number of hydrogen-bond donors (Lipinski definition) is 3. The Hall–Kier alpha value is -2.02. The number of likely N-dealkylation sites (tertiary alicyclic amines) is 1. The van der Waals surface area contributed by atoms with Gasteiger partial charge in [0.15, 0.2) is 0 Å². The van der Waals surface area contributed by atoms with E-state index in [1.807, 2.05) is 11.3 Å². The molecule has 4 aliphatic heterocycles. The van der Waals surface area contributed by atoms with Crippen LogP contribution in [0.2, 0.25) is 0 Å². The summed E-state index contributed by atoms with van der Waals surface area (Å²) in [6.45, 7) is 11.3. The highest BCUT2D eigenvalue weighted by atomic mass is 32.1. The van der Waals surface area contributed by atoms with Gasteiger partial charge in [-0.15, -0.1) is 11.3 Å². The zero-order valence-corrected chi connectivity index (χ0v) is 19.9. The van der Waals surface area contributed by atoms with Gasteiger partial charge in [0, 0.05) is 61.8 Å². The summed E-state index contributed by atoms with van der Waals surface area (Å²) in [5.74, 6) is 0. The maximum Gasteiger partial charge on any atom is 0.0736 e. The average molecular weight is 450 g/mol. The Balaban J connectivity index is 1.27. The van der Waals surface area contributed by atoms with Crippen molar-refractivity contribution in [2.75, 3.05) is 62.6 Å². The lowest BCUT2D eigenvalue weighted by atomic mass is 9.80. The van der Waals surface area contributed by atoms with Crippen LogP contribution in [-0.4, -0.2) is 57.3 Å². The summed E-state index contributed by atoms with van der Waals surface area (Å²) in [4.78, 5) is 7.98. The summed E-state index contributed by atoms with van der Waals surface area (Å²) < 4.78 is 0. The third kappa shape index (κ3) is 3.82. The molecule has 5 heterocycles. The number of aryl methyl sites for hydroxylation is 1. The normalized spacial score (nSPS) is 27.9. The number of hydrogen-bond acceptors (Lipinski definition) is 6. The molecule has 3 fully saturated rings. The molecule has 1 aromatic carbocycles. The van der Waals surface area contributed by atoms with E-state index in [2.05, 4.69) is 69.1 Å². The number of piperazine rings is 1. The highest BCUT2D eigenvalue weighted by Gasteiger charge is 2.41. The van der Waals surface area contributed by atoms with Gasteiger partial charge in [0.25, 0.3) is 0 Å². The van der Waals surface area contributed by atoms with Crippen molar-refractivity contribution in [3.8, 4) is 0 Å². The molecule has 3 N–H and O–H groups in total. The van der Waals surface area contributed by atoms with E-state index < -0.39 is 0 Å². The quantitative estimate of drug-likeness (QED) is 0.660. The fraction of sp³-hybridized carbons (Fsp3) is 0.538. The average Bonchev–Trinajstić information content (AvgIpc) is 3.42. The molecule has 2 aromatic rings. The third-order valence-corrected chi connectivity index (χ3v) is 8.87. The van der Waals surface area contributed by atoms with Gasteiger partial charge in [0.2, 0.25) is 0 Å². The minimum atomic E-state index is 0.226. The topological polar surface area (TPSA) is 42.6 Å². The molecule has 2 unspecified atom stereocenters. The standard InChI is InChI=1S/C26H35N5S/c1-19-15-23-25(32-19)24(31-12-8-26(18-31)7-2-9-28-17-26)16-22(29-23)20-3-5-21(6-4-20)30-13-10-27-11-14-30/h3-6,15-16,22,27-29H,2,7-14,17-18H2,1H3. The SMILES string of the molecule is Cc1cc2c(s1)C(N1CCC3(CCCNC3)C1)=CC(c1ccc(N3CCNCC3)cc1)N2. The largest absolute Gasteiger partial charge is 0.373 e. The Morgan fingerprint density at radius 3 is 2.59 bits per heavy atom. The first-order chi connectivity index (χ1) is 15.7. The summed E-state index contributed by atoms with van der Waals surface area (Å²) in [6.07, 6.45) is 6.50. The highest BCUT2D eigenvalue weighted by Crippen LogP contribution is 2.46. The van der Waals surface area contributed by atoms with Crippen molar-refractivity contribution in [3.63, 3.8) is 0 Å². The van der Waals surface area contributed by atoms with Gasteiger partial charge in [-0.05, 0) is 62.6 Å². The fourth-order valence-corrected chi connectivity index (χ4v) is 7.05. The van der Waals surface area contributed by atoms with Gasteiger partial charge in [-0.2, -0.15) is 0 Å². The molecular weight excluding hydrogens is 414 g/mol. The van der Waals surface area contributed by atoms with Crippen molar-refractivity contribution < 1.29 is 0 Å². The lowest BCUT2D eigenvalue weighted by molar-refractivity contribution is 0.221. The summed E-state index contributed by atoms with van der Waals surface area (Å²) in [5, 5.41) is 10.9. The zero-order chi connectivity index (χ0) is 21.5. The molecule has 0 saturated carbocycles. The molecule has 3 saturated heterocycles. The van der Waals surface area contributed by atoms with Crippen molar-refractivity contribution in [3.05, 3.63) is 51.7 Å². The summed E-state index contributed by atoms with van der Waals surface area (Å²) in [5.41, 5.74) is 5.92. The molecule has 2 atom stereocenters. The summed E-state index contributed by atoms with van der Waals surface area (Å²) >= 11 is 1.94. The Morgan fingerprint density at radius 1 is 0.969 bits per heavy atom. The summed E-state index contributed by atoms with van der Waals surface area (Å²) in [6, 6.07) is 11.8. The number of anilines is 2. The highest BCUT2D eigenvalue weighted by molar-refractivity contribution is 7.13. The smallest absolute Gasteiger partial charge is 0.0736 e. The van der Waals surface area contributed by atoms with E-state index in [0.29, 0.717) is 5.41 Å². The number of nitrogens with one attached hydrogen (secondary N) is 3. The third-order valence-electron chi connectivity index (χ3n) is 7.80. The predicted octanol–water partition coefficient (Wildman–Crippen LogP) is 4.05. The molecule has 6 heteroatoms. The molecule has 32 heavy (non-hydrogen) atoms. The van der Waals surface area contributed by atoms with Gasteiger partial charge in [0.05, 0.1) is 22.3 Å². The first-order valence-electron chi connectivity index (χ1n) is 12.3. The fourth-order valence-electron chi connectivity index (χ4n) is 6.02. The van der Waals surface area contributed by atoms with Crippen molar-refractivity contribution in [2.24, 2.45) is 5.41 Å². The van der Waals surface area contributed by atoms with Crippen LogP contribution in [0.5, 0.6) is 0 Å². The van der Waals surface area contributed by atoms with Crippen LogP contribution in [0.25, 0.3) is 5.70 Å². The molecule has 0 amide bonds. The number of thiophene rings is 1. The lowest BCUT2D eigenvalue weighted by Crippen LogP contribution is -2.43. The second-order valence-electron chi connectivity index (χ2n) is 10.1. The van der Waals surface area contributed by atoms with Crippen LogP contribution in [0.4, 0.5) is 11.4 Å². The van der Waals surface area contributed by atoms with Crippen LogP contribution in [0.15, 0.2) is 36.4 Å². The monoisotopic (exact) mass is 449 g/mol. The maximum absolute atomic E-state index is 3.83. The predicted molar refractivity (Wildman–Crippen MR) is 136 cm³/mol. The van der Waals surface area contributed by atoms with Crippen LogP contribution in [0.1, 0.15) is 40.6 Å². The van der Waals surface area contributed by atoms with E-state index in [-0.39, 0.29) is 6.04 Å². The Bertz CT molecular complexity index is 982. The molecule has 4 aliphatic rings. The number of nitrogens with zero attached hydrogens (tertiary/aromatic N) is 2. The molecule has 1 spiro atoms. The van der Waals surface area contributed by atoms with Crippen LogP contribution in [0, 0.1) is 12.3 Å². The van der Waals surface area contributed by atoms with Gasteiger partial charge >= 0.3 is 0 Å². The Kier molecular flexibility index (Phi) is 5.40. The van der Waals surface area contributed by atoms with Gasteiger partial charge in [0.1, 0.15) is 0 Å². The maximum atomic E-state index is 3.83. The van der Waals surface area contributed by atoms with E-state index in [0.717, 1.165) is 26.2 Å². The lowest BCUT2D eigenvalue weighted by Gasteiger charge is -2.35. The first-order valence-corrected chi connectivity index (χ1v) is 13.1. The van der Waals surface area contributed by atoms with Gasteiger partial charge < -0.3 is 25.8 Å². The molecule has 0 aliphatic carbocycles. The molecule has 0 bridgehead atoms. The van der Waals surface area contributed by atoms with Crippen LogP contribution < -0.4 is 20.9 Å². The van der Waals surface area contributed by atoms with Crippen molar-refractivity contribution in [1.82, 2.24) is 15.5 Å². The van der Waals surface area contributed by atoms with Crippen molar-refractivity contribution in [1.29, 1.82) is 0 Å². The minimum absolute atomic E-state index is 0.226. The molecule has 0 radical (unpaired) electrons. The van der Waals surface area contributed by atoms with E-state index in [4.69, 9.17) is 0 Å². The second-order valence-corrected chi connectivity index (χ2v) is 11.3. The van der Waals surface area contributed by atoms with Crippen molar-refractivity contribution >= 4 is 28.4 Å². The number of piperidine rings is 1.